The Labute approximate surface area is 137 Å². The van der Waals surface area contributed by atoms with Gasteiger partial charge in [-0.15, -0.1) is 0 Å². The zero-order valence-corrected chi connectivity index (χ0v) is 16.8. The highest BCUT2D eigenvalue weighted by atomic mass is 28.4. The predicted octanol–water partition coefficient (Wildman–Crippen LogP) is 2.39. The van der Waals surface area contributed by atoms with Gasteiger partial charge in [0.25, 0.3) is 0 Å². The van der Waals surface area contributed by atoms with E-state index in [4.69, 9.17) is 17.7 Å². The van der Waals surface area contributed by atoms with Crippen molar-refractivity contribution >= 4 is 27.5 Å². The summed E-state index contributed by atoms with van der Waals surface area (Å²) in [6, 6.07) is 8.43. The van der Waals surface area contributed by atoms with E-state index in [1.807, 2.05) is 27.7 Å². The summed E-state index contributed by atoms with van der Waals surface area (Å²) in [7, 11) is -4.62. The molecule has 22 heavy (non-hydrogen) atoms. The lowest BCUT2D eigenvalue weighted by Gasteiger charge is -2.29. The lowest BCUT2D eigenvalue weighted by atomic mass is 10.4. The molecule has 0 aliphatic carbocycles. The molecule has 0 fully saturated rings. The molecule has 4 nitrogen and oxygen atoms in total. The SMILES string of the molecule is CCO[Si](C)(OCC)c1ccc([Si](C)(OCC)OCC)cc1. The first-order valence-corrected chi connectivity index (χ1v) is 12.8. The van der Waals surface area contributed by atoms with Gasteiger partial charge in [0, 0.05) is 26.4 Å². The summed E-state index contributed by atoms with van der Waals surface area (Å²) in [6.45, 7) is 14.9. The zero-order chi connectivity index (χ0) is 16.6. The fourth-order valence-electron chi connectivity index (χ4n) is 2.59. The van der Waals surface area contributed by atoms with Gasteiger partial charge in [-0.2, -0.15) is 0 Å². The van der Waals surface area contributed by atoms with Gasteiger partial charge in [-0.25, -0.2) is 0 Å². The molecule has 0 saturated heterocycles. The Balaban J connectivity index is 3.06. The van der Waals surface area contributed by atoms with E-state index in [1.165, 1.54) is 0 Å². The highest BCUT2D eigenvalue weighted by molar-refractivity contribution is 6.81. The van der Waals surface area contributed by atoms with Gasteiger partial charge < -0.3 is 17.7 Å². The van der Waals surface area contributed by atoms with Gasteiger partial charge in [0.1, 0.15) is 0 Å². The second kappa shape index (κ2) is 8.95. The molecule has 0 N–H and O–H groups in total. The predicted molar refractivity (Wildman–Crippen MR) is 95.5 cm³/mol. The molecule has 0 bridgehead atoms. The van der Waals surface area contributed by atoms with Gasteiger partial charge in [0.15, 0.2) is 0 Å². The zero-order valence-electron chi connectivity index (χ0n) is 14.8. The van der Waals surface area contributed by atoms with Gasteiger partial charge in [-0.3, -0.25) is 0 Å². The molecule has 6 heteroatoms. The average Bonchev–Trinajstić information content (AvgIpc) is 2.48. The van der Waals surface area contributed by atoms with Crippen molar-refractivity contribution in [1.82, 2.24) is 0 Å². The number of rotatable bonds is 10. The second-order valence-electron chi connectivity index (χ2n) is 5.20. The van der Waals surface area contributed by atoms with Crippen molar-refractivity contribution in [3.05, 3.63) is 24.3 Å². The lowest BCUT2D eigenvalue weighted by molar-refractivity contribution is 0.201. The topological polar surface area (TPSA) is 36.9 Å². The molecule has 0 aliphatic rings. The summed E-state index contributed by atoms with van der Waals surface area (Å²) in [4.78, 5) is 0. The summed E-state index contributed by atoms with van der Waals surface area (Å²) >= 11 is 0. The van der Waals surface area contributed by atoms with Crippen LogP contribution in [-0.4, -0.2) is 43.5 Å². The standard InChI is InChI=1S/C16H30O4Si2/c1-7-17-21(5,18-8-2)15-11-13-16(14-12-15)22(6,19-9-3)20-10-4/h11-14H,7-10H2,1-6H3. The molecule has 0 unspecified atom stereocenters. The Hall–Kier alpha value is -0.506. The van der Waals surface area contributed by atoms with Crippen LogP contribution in [0, 0.1) is 0 Å². The second-order valence-corrected chi connectivity index (χ2v) is 11.3. The number of hydrogen-bond donors (Lipinski definition) is 0. The van der Waals surface area contributed by atoms with Crippen LogP contribution in [0.25, 0.3) is 0 Å². The van der Waals surface area contributed by atoms with E-state index >= 15 is 0 Å². The first-order chi connectivity index (χ1) is 10.5. The maximum Gasteiger partial charge on any atom is 0.369 e. The summed E-state index contributed by atoms with van der Waals surface area (Å²) in [5.41, 5.74) is 0. The Bertz CT molecular complexity index is 383. The third kappa shape index (κ3) is 4.74. The molecule has 0 saturated carbocycles. The molecule has 126 valence electrons. The fourth-order valence-corrected chi connectivity index (χ4v) is 7.18. The average molecular weight is 343 g/mol. The van der Waals surface area contributed by atoms with Crippen molar-refractivity contribution in [2.24, 2.45) is 0 Å². The van der Waals surface area contributed by atoms with Crippen LogP contribution >= 0.6 is 0 Å². The van der Waals surface area contributed by atoms with E-state index in [0.717, 1.165) is 10.4 Å². The molecule has 0 amide bonds. The molecule has 0 aromatic heterocycles. The van der Waals surface area contributed by atoms with Gasteiger partial charge in [0.2, 0.25) is 0 Å². The van der Waals surface area contributed by atoms with Crippen molar-refractivity contribution in [2.45, 2.75) is 40.8 Å². The molecule has 1 rings (SSSR count). The van der Waals surface area contributed by atoms with Gasteiger partial charge in [-0.1, -0.05) is 24.3 Å². The highest BCUT2D eigenvalue weighted by Gasteiger charge is 2.36. The van der Waals surface area contributed by atoms with Crippen molar-refractivity contribution < 1.29 is 17.7 Å². The van der Waals surface area contributed by atoms with Crippen LogP contribution in [-0.2, 0) is 17.7 Å². The summed E-state index contributed by atoms with van der Waals surface area (Å²) in [6.07, 6.45) is 0. The van der Waals surface area contributed by atoms with Gasteiger partial charge >= 0.3 is 17.1 Å². The Morgan fingerprint density at radius 2 is 0.818 bits per heavy atom. The normalized spacial score (nSPS) is 12.6. The van der Waals surface area contributed by atoms with Crippen LogP contribution in [0.3, 0.4) is 0 Å². The molecule has 1 aromatic carbocycles. The van der Waals surface area contributed by atoms with E-state index in [0.29, 0.717) is 26.4 Å². The van der Waals surface area contributed by atoms with E-state index in [-0.39, 0.29) is 0 Å². The molecule has 0 atom stereocenters. The summed E-state index contributed by atoms with van der Waals surface area (Å²) in [5.74, 6) is 0. The molecule has 0 radical (unpaired) electrons. The Morgan fingerprint density at radius 3 is 1.00 bits per heavy atom. The first kappa shape index (κ1) is 19.5. The van der Waals surface area contributed by atoms with Crippen molar-refractivity contribution in [3.63, 3.8) is 0 Å². The highest BCUT2D eigenvalue weighted by Crippen LogP contribution is 2.11. The van der Waals surface area contributed by atoms with Crippen molar-refractivity contribution in [2.75, 3.05) is 26.4 Å². The third-order valence-electron chi connectivity index (χ3n) is 3.61. The van der Waals surface area contributed by atoms with E-state index in [9.17, 15) is 0 Å². The van der Waals surface area contributed by atoms with Crippen LogP contribution in [0.1, 0.15) is 27.7 Å². The quantitative estimate of drug-likeness (QED) is 0.612. The fraction of sp³-hybridized carbons (Fsp3) is 0.625. The maximum absolute atomic E-state index is 5.94. The molecule has 0 spiro atoms. The monoisotopic (exact) mass is 342 g/mol. The van der Waals surface area contributed by atoms with E-state index < -0.39 is 17.1 Å². The molecule has 0 heterocycles. The minimum atomic E-state index is -2.31. The number of hydrogen-bond acceptors (Lipinski definition) is 4. The van der Waals surface area contributed by atoms with Crippen LogP contribution in [0.2, 0.25) is 13.1 Å². The van der Waals surface area contributed by atoms with Crippen LogP contribution < -0.4 is 10.4 Å². The maximum atomic E-state index is 5.94. The van der Waals surface area contributed by atoms with Crippen LogP contribution in [0.4, 0.5) is 0 Å². The van der Waals surface area contributed by atoms with Crippen molar-refractivity contribution in [1.29, 1.82) is 0 Å². The van der Waals surface area contributed by atoms with Gasteiger partial charge in [0.05, 0.1) is 0 Å². The van der Waals surface area contributed by atoms with Gasteiger partial charge in [-0.05, 0) is 51.2 Å². The van der Waals surface area contributed by atoms with Crippen LogP contribution in [0.5, 0.6) is 0 Å². The minimum absolute atomic E-state index is 0.662. The summed E-state index contributed by atoms with van der Waals surface area (Å²) < 4.78 is 23.8. The largest absolute Gasteiger partial charge is 0.391 e. The first-order valence-electron chi connectivity index (χ1n) is 8.12. The lowest BCUT2D eigenvalue weighted by Crippen LogP contribution is -2.54. The molecule has 1 aromatic rings. The molecular formula is C16H30O4Si2. The molecular weight excluding hydrogens is 312 g/mol. The Morgan fingerprint density at radius 1 is 0.591 bits per heavy atom. The summed E-state index contributed by atoms with van der Waals surface area (Å²) in [5, 5.41) is 2.29. The van der Waals surface area contributed by atoms with E-state index in [1.54, 1.807) is 0 Å². The Kier molecular flexibility index (Phi) is 7.95. The van der Waals surface area contributed by atoms with E-state index in [2.05, 4.69) is 37.4 Å². The number of benzene rings is 1. The van der Waals surface area contributed by atoms with Crippen LogP contribution in [0.15, 0.2) is 24.3 Å². The smallest absolute Gasteiger partial charge is 0.369 e. The third-order valence-corrected chi connectivity index (χ3v) is 9.74. The molecule has 0 aliphatic heterocycles. The minimum Gasteiger partial charge on any atom is -0.391 e. The van der Waals surface area contributed by atoms with Crippen molar-refractivity contribution in [3.8, 4) is 0 Å².